The molecule has 0 aliphatic heterocycles. The lowest BCUT2D eigenvalue weighted by Crippen LogP contribution is -2.33. The maximum absolute atomic E-state index is 12.6. The molecule has 7 heteroatoms. The van der Waals surface area contributed by atoms with Crippen molar-refractivity contribution in [2.75, 3.05) is 11.9 Å². The number of carbonyl (C=O) groups is 1. The largest absolute Gasteiger partial charge is 0.326 e. The molecule has 146 valence electrons. The van der Waals surface area contributed by atoms with E-state index in [0.717, 1.165) is 36.9 Å². The van der Waals surface area contributed by atoms with Crippen LogP contribution in [0.3, 0.4) is 0 Å². The van der Waals surface area contributed by atoms with Crippen molar-refractivity contribution in [3.05, 3.63) is 46.8 Å². The third kappa shape index (κ3) is 5.18. The first kappa shape index (κ1) is 20.0. The molecule has 1 saturated carbocycles. The molecule has 1 heterocycles. The molecule has 2 aromatic rings. The monoisotopic (exact) mass is 406 g/mol. The average molecular weight is 407 g/mol. The molecule has 0 saturated heterocycles. The highest BCUT2D eigenvalue weighted by molar-refractivity contribution is 7.91. The normalized spacial score (nSPS) is 20.4. The lowest BCUT2D eigenvalue weighted by atomic mass is 9.81. The fourth-order valence-electron chi connectivity index (χ4n) is 3.53. The Labute approximate surface area is 165 Å². The highest BCUT2D eigenvalue weighted by Gasteiger charge is 2.27. The second-order valence-corrected chi connectivity index (χ2v) is 10.3. The molecule has 1 aliphatic carbocycles. The van der Waals surface area contributed by atoms with Crippen LogP contribution in [0.1, 0.15) is 36.8 Å². The number of carbonyl (C=O) groups excluding carboxylic acids is 1. The summed E-state index contributed by atoms with van der Waals surface area (Å²) >= 11 is 1.22. The Balaban J connectivity index is 1.48. The first-order valence-electron chi connectivity index (χ1n) is 9.26. The van der Waals surface area contributed by atoms with E-state index >= 15 is 0 Å². The van der Waals surface area contributed by atoms with Crippen molar-refractivity contribution >= 4 is 33.0 Å². The number of hydrogen-bond donors (Lipinski definition) is 2. The van der Waals surface area contributed by atoms with Crippen LogP contribution in [0, 0.1) is 25.7 Å². The van der Waals surface area contributed by atoms with Gasteiger partial charge in [0.05, 0.1) is 0 Å². The summed E-state index contributed by atoms with van der Waals surface area (Å²) in [5.41, 5.74) is 3.12. The molecule has 0 spiro atoms. The molecule has 0 radical (unpaired) electrons. The van der Waals surface area contributed by atoms with E-state index in [1.807, 2.05) is 26.0 Å². The molecule has 1 amide bonds. The summed E-state index contributed by atoms with van der Waals surface area (Å²) in [5, 5.41) is 4.81. The number of nitrogens with one attached hydrogen (secondary N) is 2. The lowest BCUT2D eigenvalue weighted by Gasteiger charge is -2.28. The summed E-state index contributed by atoms with van der Waals surface area (Å²) in [4.78, 5) is 12.6. The van der Waals surface area contributed by atoms with Crippen molar-refractivity contribution in [2.45, 2.75) is 43.7 Å². The van der Waals surface area contributed by atoms with Crippen molar-refractivity contribution in [1.29, 1.82) is 0 Å². The average Bonchev–Trinajstić information content (AvgIpc) is 3.18. The molecule has 0 bridgehead atoms. The second kappa shape index (κ2) is 8.54. The first-order valence-corrected chi connectivity index (χ1v) is 11.6. The van der Waals surface area contributed by atoms with Gasteiger partial charge in [0, 0.05) is 18.2 Å². The van der Waals surface area contributed by atoms with Gasteiger partial charge in [0.15, 0.2) is 0 Å². The van der Waals surface area contributed by atoms with Crippen LogP contribution in [0.25, 0.3) is 0 Å². The molecular weight excluding hydrogens is 380 g/mol. The van der Waals surface area contributed by atoms with Crippen LogP contribution in [0.5, 0.6) is 0 Å². The Morgan fingerprint density at radius 3 is 2.52 bits per heavy atom. The number of benzene rings is 1. The standard InChI is InChI=1S/C20H26N2O3S2/c1-14-5-10-18(15(2)12-14)22-20(23)17-8-6-16(7-9-17)13-21-27(24,25)19-4-3-11-26-19/h3-5,10-12,16-17,21H,6-9,13H2,1-2H3,(H,22,23). The van der Waals surface area contributed by atoms with E-state index < -0.39 is 10.0 Å². The smallest absolute Gasteiger partial charge is 0.250 e. The molecule has 2 N–H and O–H groups in total. The molecule has 1 aromatic carbocycles. The van der Waals surface area contributed by atoms with Crippen LogP contribution in [0.2, 0.25) is 0 Å². The van der Waals surface area contributed by atoms with Gasteiger partial charge in [-0.25, -0.2) is 13.1 Å². The fraction of sp³-hybridized carbons (Fsp3) is 0.450. The van der Waals surface area contributed by atoms with Crippen LogP contribution >= 0.6 is 11.3 Å². The summed E-state index contributed by atoms with van der Waals surface area (Å²) in [6.45, 7) is 4.47. The van der Waals surface area contributed by atoms with E-state index in [4.69, 9.17) is 0 Å². The molecule has 1 fully saturated rings. The minimum Gasteiger partial charge on any atom is -0.326 e. The highest BCUT2D eigenvalue weighted by Crippen LogP contribution is 2.30. The van der Waals surface area contributed by atoms with E-state index in [1.165, 1.54) is 16.9 Å². The SMILES string of the molecule is Cc1ccc(NC(=O)C2CCC(CNS(=O)(=O)c3cccs3)CC2)c(C)c1. The van der Waals surface area contributed by atoms with Gasteiger partial charge in [-0.05, 0) is 68.5 Å². The Morgan fingerprint density at radius 2 is 1.89 bits per heavy atom. The van der Waals surface area contributed by atoms with Gasteiger partial charge in [0.2, 0.25) is 15.9 Å². The van der Waals surface area contributed by atoms with Crippen LogP contribution in [-0.4, -0.2) is 20.9 Å². The molecule has 0 unspecified atom stereocenters. The maximum atomic E-state index is 12.6. The maximum Gasteiger partial charge on any atom is 0.250 e. The third-order valence-corrected chi connectivity index (χ3v) is 8.00. The van der Waals surface area contributed by atoms with Gasteiger partial charge >= 0.3 is 0 Å². The zero-order valence-corrected chi connectivity index (χ0v) is 17.3. The van der Waals surface area contributed by atoms with E-state index in [0.29, 0.717) is 10.8 Å². The number of anilines is 1. The van der Waals surface area contributed by atoms with Gasteiger partial charge in [-0.1, -0.05) is 23.8 Å². The number of hydrogen-bond acceptors (Lipinski definition) is 4. The van der Waals surface area contributed by atoms with Crippen LogP contribution < -0.4 is 10.0 Å². The molecule has 5 nitrogen and oxygen atoms in total. The second-order valence-electron chi connectivity index (χ2n) is 7.31. The van der Waals surface area contributed by atoms with E-state index in [-0.39, 0.29) is 17.7 Å². The number of rotatable bonds is 6. The third-order valence-electron chi connectivity index (χ3n) is 5.18. The Morgan fingerprint density at radius 1 is 1.15 bits per heavy atom. The van der Waals surface area contributed by atoms with Crippen LogP contribution in [0.4, 0.5) is 5.69 Å². The quantitative estimate of drug-likeness (QED) is 0.759. The van der Waals surface area contributed by atoms with Crippen molar-refractivity contribution < 1.29 is 13.2 Å². The zero-order valence-electron chi connectivity index (χ0n) is 15.7. The minimum atomic E-state index is -3.41. The van der Waals surface area contributed by atoms with Gasteiger partial charge in [0.1, 0.15) is 4.21 Å². The summed E-state index contributed by atoms with van der Waals surface area (Å²) in [6.07, 6.45) is 3.31. The highest BCUT2D eigenvalue weighted by atomic mass is 32.2. The summed E-state index contributed by atoms with van der Waals surface area (Å²) in [6, 6.07) is 9.36. The van der Waals surface area contributed by atoms with E-state index in [1.54, 1.807) is 17.5 Å². The Hall–Kier alpha value is -1.70. The lowest BCUT2D eigenvalue weighted by molar-refractivity contribution is -0.121. The summed E-state index contributed by atoms with van der Waals surface area (Å²) in [7, 11) is -3.41. The number of sulfonamides is 1. The van der Waals surface area contributed by atoms with Crippen molar-refractivity contribution in [2.24, 2.45) is 11.8 Å². The van der Waals surface area contributed by atoms with Gasteiger partial charge in [0.25, 0.3) is 0 Å². The number of aryl methyl sites for hydroxylation is 2. The zero-order chi connectivity index (χ0) is 19.4. The van der Waals surface area contributed by atoms with Crippen LogP contribution in [-0.2, 0) is 14.8 Å². The predicted molar refractivity (Wildman–Crippen MR) is 110 cm³/mol. The molecule has 1 aliphatic rings. The predicted octanol–water partition coefficient (Wildman–Crippen LogP) is 4.09. The van der Waals surface area contributed by atoms with Gasteiger partial charge < -0.3 is 5.32 Å². The minimum absolute atomic E-state index is 0.00384. The number of thiophene rings is 1. The van der Waals surface area contributed by atoms with Gasteiger partial charge in [-0.3, -0.25) is 4.79 Å². The van der Waals surface area contributed by atoms with Crippen LogP contribution in [0.15, 0.2) is 39.9 Å². The van der Waals surface area contributed by atoms with Crippen molar-refractivity contribution in [3.8, 4) is 0 Å². The van der Waals surface area contributed by atoms with E-state index in [9.17, 15) is 13.2 Å². The van der Waals surface area contributed by atoms with E-state index in [2.05, 4.69) is 16.1 Å². The Bertz CT molecular complexity index is 884. The molecular formula is C20H26N2O3S2. The van der Waals surface area contributed by atoms with Crippen molar-refractivity contribution in [1.82, 2.24) is 4.72 Å². The topological polar surface area (TPSA) is 75.3 Å². The Kier molecular flexibility index (Phi) is 6.34. The fourth-order valence-corrected chi connectivity index (χ4v) is 5.69. The molecule has 0 atom stereocenters. The van der Waals surface area contributed by atoms with Crippen molar-refractivity contribution in [3.63, 3.8) is 0 Å². The summed E-state index contributed by atoms with van der Waals surface area (Å²) < 4.78 is 27.5. The number of amides is 1. The molecule has 27 heavy (non-hydrogen) atoms. The summed E-state index contributed by atoms with van der Waals surface area (Å²) in [5.74, 6) is 0.348. The van der Waals surface area contributed by atoms with Gasteiger partial charge in [-0.2, -0.15) is 0 Å². The molecule has 3 rings (SSSR count). The van der Waals surface area contributed by atoms with Gasteiger partial charge in [-0.15, -0.1) is 11.3 Å². The molecule has 1 aromatic heterocycles. The first-order chi connectivity index (χ1) is 12.8.